The molecule has 6 nitrogen and oxygen atoms in total. The zero-order valence-corrected chi connectivity index (χ0v) is 10.2. The van der Waals surface area contributed by atoms with Crippen LogP contribution in [-0.4, -0.2) is 24.2 Å². The molecule has 1 aromatic heterocycles. The van der Waals surface area contributed by atoms with E-state index >= 15 is 0 Å². The first-order valence-electron chi connectivity index (χ1n) is 6.02. The predicted octanol–water partition coefficient (Wildman–Crippen LogP) is 1.41. The van der Waals surface area contributed by atoms with Gasteiger partial charge in [-0.15, -0.1) is 0 Å². The van der Waals surface area contributed by atoms with Crippen LogP contribution in [0.2, 0.25) is 0 Å². The minimum absolute atomic E-state index is 0.197. The number of benzene rings is 1. The van der Waals surface area contributed by atoms with E-state index in [9.17, 15) is 4.79 Å². The Morgan fingerprint density at radius 2 is 2.37 bits per heavy atom. The molecule has 6 heteroatoms. The number of nitrogens with one attached hydrogen (secondary N) is 2. The second-order valence-corrected chi connectivity index (χ2v) is 4.12. The molecule has 98 valence electrons. The summed E-state index contributed by atoms with van der Waals surface area (Å²) in [6.45, 7) is 1.60. The van der Waals surface area contributed by atoms with E-state index in [0.717, 1.165) is 12.2 Å². The average molecular weight is 259 g/mol. The Labute approximate surface area is 109 Å². The highest BCUT2D eigenvalue weighted by molar-refractivity contribution is 5.98. The van der Waals surface area contributed by atoms with Crippen molar-refractivity contribution < 1.29 is 14.1 Å². The van der Waals surface area contributed by atoms with E-state index in [1.54, 1.807) is 18.3 Å². The van der Waals surface area contributed by atoms with Crippen molar-refractivity contribution >= 4 is 11.6 Å². The van der Waals surface area contributed by atoms with E-state index in [0.29, 0.717) is 30.2 Å². The molecule has 19 heavy (non-hydrogen) atoms. The van der Waals surface area contributed by atoms with Crippen LogP contribution in [0.1, 0.15) is 16.1 Å². The normalized spacial score (nSPS) is 13.1. The maximum atomic E-state index is 12.1. The van der Waals surface area contributed by atoms with Crippen LogP contribution < -0.4 is 15.4 Å². The van der Waals surface area contributed by atoms with Gasteiger partial charge >= 0.3 is 0 Å². The van der Waals surface area contributed by atoms with Gasteiger partial charge in [0, 0.05) is 12.6 Å². The molecular weight excluding hydrogens is 246 g/mol. The number of nitrogens with zero attached hydrogens (tertiary/aromatic N) is 1. The quantitative estimate of drug-likeness (QED) is 0.871. The lowest BCUT2D eigenvalue weighted by molar-refractivity contribution is 0.0943. The van der Waals surface area contributed by atoms with Gasteiger partial charge in [-0.25, -0.2) is 0 Å². The summed E-state index contributed by atoms with van der Waals surface area (Å²) in [6, 6.07) is 7.16. The highest BCUT2D eigenvalue weighted by Crippen LogP contribution is 2.31. The number of hydrogen-bond donors (Lipinski definition) is 2. The van der Waals surface area contributed by atoms with Crippen LogP contribution in [0.25, 0.3) is 0 Å². The molecule has 2 heterocycles. The number of carbonyl (C=O) groups is 1. The van der Waals surface area contributed by atoms with Crippen LogP contribution in [0.5, 0.6) is 5.75 Å². The second kappa shape index (κ2) is 5.01. The Bertz CT molecular complexity index is 581. The van der Waals surface area contributed by atoms with E-state index in [4.69, 9.17) is 9.26 Å². The fourth-order valence-electron chi connectivity index (χ4n) is 1.95. The number of para-hydroxylation sites is 1. The number of carbonyl (C=O) groups excluding carboxylic acids is 1. The van der Waals surface area contributed by atoms with Crippen molar-refractivity contribution in [3.63, 3.8) is 0 Å². The average Bonchev–Trinajstić information content (AvgIpc) is 2.97. The van der Waals surface area contributed by atoms with Crippen LogP contribution >= 0.6 is 0 Å². The van der Waals surface area contributed by atoms with Gasteiger partial charge in [0.05, 0.1) is 24.0 Å². The summed E-state index contributed by atoms with van der Waals surface area (Å²) in [5.74, 6) is 1.01. The molecule has 0 radical (unpaired) electrons. The molecule has 0 aliphatic carbocycles. The molecule has 1 amide bonds. The van der Waals surface area contributed by atoms with Crippen LogP contribution in [0.3, 0.4) is 0 Å². The van der Waals surface area contributed by atoms with Gasteiger partial charge in [-0.2, -0.15) is 0 Å². The van der Waals surface area contributed by atoms with Gasteiger partial charge < -0.3 is 19.9 Å². The summed E-state index contributed by atoms with van der Waals surface area (Å²) in [4.78, 5) is 12.1. The molecule has 0 fully saturated rings. The number of amides is 1. The fourth-order valence-corrected chi connectivity index (χ4v) is 1.95. The standard InChI is InChI=1S/C13H13N3O3/c17-13(15-8-9-4-5-16-19-9)10-2-1-3-11-12(10)18-7-6-14-11/h1-5,14H,6-8H2,(H,15,17). The lowest BCUT2D eigenvalue weighted by atomic mass is 10.1. The fraction of sp³-hybridized carbons (Fsp3) is 0.231. The number of ether oxygens (including phenoxy) is 1. The number of hydrogen-bond acceptors (Lipinski definition) is 5. The summed E-state index contributed by atoms with van der Waals surface area (Å²) < 4.78 is 10.5. The van der Waals surface area contributed by atoms with Gasteiger partial charge in [-0.3, -0.25) is 4.79 Å². The summed E-state index contributed by atoms with van der Waals surface area (Å²) in [5, 5.41) is 9.55. The van der Waals surface area contributed by atoms with Crippen molar-refractivity contribution in [3.8, 4) is 5.75 Å². The largest absolute Gasteiger partial charge is 0.489 e. The molecule has 0 saturated carbocycles. The Hall–Kier alpha value is -2.50. The van der Waals surface area contributed by atoms with Gasteiger partial charge in [-0.1, -0.05) is 11.2 Å². The van der Waals surface area contributed by atoms with Crippen molar-refractivity contribution in [1.29, 1.82) is 0 Å². The van der Waals surface area contributed by atoms with Gasteiger partial charge in [0.2, 0.25) is 0 Å². The third-order valence-corrected chi connectivity index (χ3v) is 2.84. The molecule has 1 aliphatic rings. The van der Waals surface area contributed by atoms with Crippen LogP contribution in [0.15, 0.2) is 35.0 Å². The predicted molar refractivity (Wildman–Crippen MR) is 68.1 cm³/mol. The molecule has 1 aromatic carbocycles. The number of anilines is 1. The molecule has 0 spiro atoms. The molecule has 0 atom stereocenters. The maximum Gasteiger partial charge on any atom is 0.255 e. The van der Waals surface area contributed by atoms with Gasteiger partial charge in [-0.05, 0) is 12.1 Å². The Morgan fingerprint density at radius 1 is 1.42 bits per heavy atom. The molecule has 0 saturated heterocycles. The molecule has 0 unspecified atom stereocenters. The zero-order chi connectivity index (χ0) is 13.1. The van der Waals surface area contributed by atoms with Crippen molar-refractivity contribution in [2.75, 3.05) is 18.5 Å². The zero-order valence-electron chi connectivity index (χ0n) is 10.2. The number of fused-ring (bicyclic) bond motifs is 1. The van der Waals surface area contributed by atoms with E-state index in [1.807, 2.05) is 12.1 Å². The number of aromatic nitrogens is 1. The summed E-state index contributed by atoms with van der Waals surface area (Å²) in [7, 11) is 0. The van der Waals surface area contributed by atoms with E-state index in [1.165, 1.54) is 0 Å². The highest BCUT2D eigenvalue weighted by atomic mass is 16.5. The number of rotatable bonds is 3. The Balaban J connectivity index is 1.76. The van der Waals surface area contributed by atoms with Crippen molar-refractivity contribution in [3.05, 3.63) is 41.8 Å². The lowest BCUT2D eigenvalue weighted by Crippen LogP contribution is -2.26. The monoisotopic (exact) mass is 259 g/mol. The molecule has 2 aromatic rings. The first-order chi connectivity index (χ1) is 9.34. The maximum absolute atomic E-state index is 12.1. The third-order valence-electron chi connectivity index (χ3n) is 2.84. The molecule has 3 rings (SSSR count). The summed E-state index contributed by atoms with van der Waals surface area (Å²) in [6.07, 6.45) is 1.54. The molecular formula is C13H13N3O3. The minimum atomic E-state index is -0.197. The molecule has 0 bridgehead atoms. The van der Waals surface area contributed by atoms with Crippen LogP contribution in [0.4, 0.5) is 5.69 Å². The van der Waals surface area contributed by atoms with E-state index in [2.05, 4.69) is 15.8 Å². The highest BCUT2D eigenvalue weighted by Gasteiger charge is 2.18. The Kier molecular flexibility index (Phi) is 3.06. The van der Waals surface area contributed by atoms with Crippen LogP contribution in [0, 0.1) is 0 Å². The molecule has 1 aliphatic heterocycles. The van der Waals surface area contributed by atoms with Crippen LogP contribution in [-0.2, 0) is 6.54 Å². The lowest BCUT2D eigenvalue weighted by Gasteiger charge is -2.21. The first kappa shape index (κ1) is 11.6. The smallest absolute Gasteiger partial charge is 0.255 e. The minimum Gasteiger partial charge on any atom is -0.489 e. The van der Waals surface area contributed by atoms with Crippen molar-refractivity contribution in [2.24, 2.45) is 0 Å². The topological polar surface area (TPSA) is 76.4 Å². The van der Waals surface area contributed by atoms with Gasteiger partial charge in [0.25, 0.3) is 5.91 Å². The van der Waals surface area contributed by atoms with Gasteiger partial charge in [0.15, 0.2) is 11.5 Å². The van der Waals surface area contributed by atoms with E-state index < -0.39 is 0 Å². The molecule has 2 N–H and O–H groups in total. The second-order valence-electron chi connectivity index (χ2n) is 4.12. The van der Waals surface area contributed by atoms with Gasteiger partial charge in [0.1, 0.15) is 6.61 Å². The van der Waals surface area contributed by atoms with Crippen molar-refractivity contribution in [2.45, 2.75) is 6.54 Å². The third kappa shape index (κ3) is 2.37. The van der Waals surface area contributed by atoms with E-state index in [-0.39, 0.29) is 5.91 Å². The first-order valence-corrected chi connectivity index (χ1v) is 6.02. The summed E-state index contributed by atoms with van der Waals surface area (Å²) >= 11 is 0. The SMILES string of the molecule is O=C(NCc1ccno1)c1cccc2c1OCCN2. The Morgan fingerprint density at radius 3 is 3.21 bits per heavy atom. The summed E-state index contributed by atoms with van der Waals surface area (Å²) in [5.41, 5.74) is 1.36. The van der Waals surface area contributed by atoms with Crippen molar-refractivity contribution in [1.82, 2.24) is 10.5 Å².